The van der Waals surface area contributed by atoms with E-state index in [0.29, 0.717) is 46.8 Å². The second kappa shape index (κ2) is 11.7. The van der Waals surface area contributed by atoms with E-state index < -0.39 is 6.10 Å². The van der Waals surface area contributed by atoms with Gasteiger partial charge in [-0.15, -0.1) is 0 Å². The maximum Gasteiger partial charge on any atom is 0.265 e. The summed E-state index contributed by atoms with van der Waals surface area (Å²) < 4.78 is 10.8. The summed E-state index contributed by atoms with van der Waals surface area (Å²) >= 11 is 11.9. The number of carbonyl (C=O) groups is 2. The molecule has 8 heteroatoms. The molecule has 2 aromatic rings. The molecule has 0 fully saturated rings. The number of anilines is 1. The van der Waals surface area contributed by atoms with Crippen LogP contribution in [0, 0.1) is 0 Å². The van der Waals surface area contributed by atoms with Crippen molar-refractivity contribution in [3.05, 3.63) is 58.1 Å². The van der Waals surface area contributed by atoms with E-state index in [1.165, 1.54) is 0 Å². The normalized spacial score (nSPS) is 11.6. The summed E-state index contributed by atoms with van der Waals surface area (Å²) in [5.41, 5.74) is 0.947. The lowest BCUT2D eigenvalue weighted by Crippen LogP contribution is -2.30. The second-order valence-electron chi connectivity index (χ2n) is 6.21. The molecule has 0 aliphatic carbocycles. The Labute approximate surface area is 180 Å². The van der Waals surface area contributed by atoms with Crippen LogP contribution in [0.2, 0.25) is 10.0 Å². The fraction of sp³-hybridized carbons (Fsp3) is 0.333. The Morgan fingerprint density at radius 1 is 1.14 bits per heavy atom. The van der Waals surface area contributed by atoms with Gasteiger partial charge in [0.25, 0.3) is 11.8 Å². The van der Waals surface area contributed by atoms with Gasteiger partial charge in [-0.25, -0.2) is 0 Å². The number of ether oxygens (including phenoxy) is 2. The average Bonchev–Trinajstić information content (AvgIpc) is 2.70. The highest BCUT2D eigenvalue weighted by atomic mass is 35.5. The van der Waals surface area contributed by atoms with Gasteiger partial charge in [-0.3, -0.25) is 9.59 Å². The summed E-state index contributed by atoms with van der Waals surface area (Å²) in [5.74, 6) is -0.223. The zero-order valence-electron chi connectivity index (χ0n) is 16.3. The zero-order valence-corrected chi connectivity index (χ0v) is 17.8. The number of amides is 2. The minimum absolute atomic E-state index is 0.213. The molecule has 0 saturated carbocycles. The summed E-state index contributed by atoms with van der Waals surface area (Å²) in [5, 5.41) is 6.36. The average molecular weight is 439 g/mol. The first-order valence-corrected chi connectivity index (χ1v) is 10.0. The largest absolute Gasteiger partial charge is 0.479 e. The van der Waals surface area contributed by atoms with Crippen molar-refractivity contribution in [3.63, 3.8) is 0 Å². The molecule has 2 rings (SSSR count). The van der Waals surface area contributed by atoms with E-state index in [4.69, 9.17) is 32.7 Å². The molecule has 0 spiro atoms. The topological polar surface area (TPSA) is 76.7 Å². The molecule has 1 atom stereocenters. The van der Waals surface area contributed by atoms with E-state index in [9.17, 15) is 9.59 Å². The van der Waals surface area contributed by atoms with E-state index >= 15 is 0 Å². The molecule has 6 nitrogen and oxygen atoms in total. The number of hydrogen-bond donors (Lipinski definition) is 2. The Bertz CT molecular complexity index is 845. The van der Waals surface area contributed by atoms with Crippen LogP contribution in [0.1, 0.15) is 30.6 Å². The van der Waals surface area contributed by atoms with Crippen LogP contribution in [0.25, 0.3) is 0 Å². The van der Waals surface area contributed by atoms with Crippen molar-refractivity contribution in [2.75, 3.05) is 25.1 Å². The third-order valence-electron chi connectivity index (χ3n) is 3.91. The lowest BCUT2D eigenvalue weighted by atomic mass is 10.2. The first-order valence-electron chi connectivity index (χ1n) is 9.29. The van der Waals surface area contributed by atoms with E-state index in [1.807, 2.05) is 6.92 Å². The van der Waals surface area contributed by atoms with E-state index in [2.05, 4.69) is 10.6 Å². The maximum atomic E-state index is 12.4. The highest BCUT2D eigenvalue weighted by Crippen LogP contribution is 2.28. The smallest absolute Gasteiger partial charge is 0.265 e. The van der Waals surface area contributed by atoms with Crippen LogP contribution in [-0.4, -0.2) is 37.7 Å². The Balaban J connectivity index is 1.91. The highest BCUT2D eigenvalue weighted by molar-refractivity contribution is 6.35. The van der Waals surface area contributed by atoms with Crippen LogP contribution >= 0.6 is 23.2 Å². The van der Waals surface area contributed by atoms with Gasteiger partial charge < -0.3 is 20.1 Å². The summed E-state index contributed by atoms with van der Waals surface area (Å²) in [6.07, 6.45) is -0.0669. The van der Waals surface area contributed by atoms with Gasteiger partial charge in [0, 0.05) is 36.0 Å². The van der Waals surface area contributed by atoms with E-state index in [1.54, 1.807) is 49.4 Å². The van der Waals surface area contributed by atoms with Crippen LogP contribution < -0.4 is 15.4 Å². The van der Waals surface area contributed by atoms with Gasteiger partial charge in [-0.1, -0.05) is 29.3 Å². The number of rotatable bonds is 10. The first-order chi connectivity index (χ1) is 13.9. The van der Waals surface area contributed by atoms with Gasteiger partial charge in [0.05, 0.1) is 5.02 Å². The molecule has 2 amide bonds. The van der Waals surface area contributed by atoms with Crippen molar-refractivity contribution in [3.8, 4) is 5.75 Å². The van der Waals surface area contributed by atoms with Gasteiger partial charge in [0.15, 0.2) is 6.10 Å². The first kappa shape index (κ1) is 23.0. The van der Waals surface area contributed by atoms with Crippen LogP contribution in [0.3, 0.4) is 0 Å². The molecule has 0 saturated heterocycles. The zero-order chi connectivity index (χ0) is 21.2. The fourth-order valence-electron chi connectivity index (χ4n) is 2.42. The molecule has 0 radical (unpaired) electrons. The minimum Gasteiger partial charge on any atom is -0.479 e. The van der Waals surface area contributed by atoms with Gasteiger partial charge in [0.1, 0.15) is 5.75 Å². The van der Waals surface area contributed by atoms with Crippen molar-refractivity contribution < 1.29 is 19.1 Å². The molecular formula is C21H24Cl2N2O4. The number of hydrogen-bond acceptors (Lipinski definition) is 4. The molecule has 2 N–H and O–H groups in total. The van der Waals surface area contributed by atoms with Gasteiger partial charge >= 0.3 is 0 Å². The highest BCUT2D eigenvalue weighted by Gasteiger charge is 2.17. The number of benzene rings is 2. The van der Waals surface area contributed by atoms with Gasteiger partial charge in [0.2, 0.25) is 0 Å². The molecule has 0 bridgehead atoms. The van der Waals surface area contributed by atoms with Crippen LogP contribution in [-0.2, 0) is 9.53 Å². The Hall–Kier alpha value is -2.28. The van der Waals surface area contributed by atoms with Crippen molar-refractivity contribution in [2.45, 2.75) is 26.4 Å². The lowest BCUT2D eigenvalue weighted by molar-refractivity contribution is -0.122. The summed E-state index contributed by atoms with van der Waals surface area (Å²) in [7, 11) is 0. The number of nitrogens with one attached hydrogen (secondary N) is 2. The van der Waals surface area contributed by atoms with Gasteiger partial charge in [-0.2, -0.15) is 0 Å². The van der Waals surface area contributed by atoms with E-state index in [-0.39, 0.29) is 11.8 Å². The third kappa shape index (κ3) is 7.57. The van der Waals surface area contributed by atoms with Crippen molar-refractivity contribution in [1.29, 1.82) is 0 Å². The lowest BCUT2D eigenvalue weighted by Gasteiger charge is -2.16. The summed E-state index contributed by atoms with van der Waals surface area (Å²) in [6, 6.07) is 11.5. The third-order valence-corrected chi connectivity index (χ3v) is 4.44. The summed E-state index contributed by atoms with van der Waals surface area (Å²) in [4.78, 5) is 24.7. The Morgan fingerprint density at radius 3 is 2.66 bits per heavy atom. The molecule has 1 unspecified atom stereocenters. The molecule has 0 aliphatic heterocycles. The fourth-order valence-corrected chi connectivity index (χ4v) is 2.87. The molecule has 29 heavy (non-hydrogen) atoms. The van der Waals surface area contributed by atoms with Crippen molar-refractivity contribution in [1.82, 2.24) is 5.32 Å². The van der Waals surface area contributed by atoms with Gasteiger partial charge in [-0.05, 0) is 56.7 Å². The SMILES string of the molecule is CCOCCCNC(=O)c1cccc(NC(=O)C(C)Oc2ccc(Cl)cc2Cl)c1. The molecule has 0 heterocycles. The molecule has 156 valence electrons. The van der Waals surface area contributed by atoms with E-state index in [0.717, 1.165) is 6.42 Å². The standard InChI is InChI=1S/C21H24Cl2N2O4/c1-3-28-11-5-10-24-21(27)15-6-4-7-17(12-15)25-20(26)14(2)29-19-9-8-16(22)13-18(19)23/h4,6-9,12-14H,3,5,10-11H2,1-2H3,(H,24,27)(H,25,26). The predicted molar refractivity (Wildman–Crippen MR) is 115 cm³/mol. The minimum atomic E-state index is -0.801. The maximum absolute atomic E-state index is 12.4. The molecule has 0 aromatic heterocycles. The quantitative estimate of drug-likeness (QED) is 0.533. The summed E-state index contributed by atoms with van der Waals surface area (Å²) in [6.45, 7) is 5.30. The molecular weight excluding hydrogens is 415 g/mol. The monoisotopic (exact) mass is 438 g/mol. The Kier molecular flexibility index (Phi) is 9.25. The predicted octanol–water partition coefficient (Wildman–Crippen LogP) is 4.56. The molecule has 0 aliphatic rings. The van der Waals surface area contributed by atoms with Crippen LogP contribution in [0.15, 0.2) is 42.5 Å². The number of halogens is 2. The number of carbonyl (C=O) groups excluding carboxylic acids is 2. The van der Waals surface area contributed by atoms with Crippen LogP contribution in [0.4, 0.5) is 5.69 Å². The van der Waals surface area contributed by atoms with Crippen LogP contribution in [0.5, 0.6) is 5.75 Å². The molecule has 2 aromatic carbocycles. The van der Waals surface area contributed by atoms with Crippen molar-refractivity contribution >= 4 is 40.7 Å². The Morgan fingerprint density at radius 2 is 1.93 bits per heavy atom. The van der Waals surface area contributed by atoms with Crippen molar-refractivity contribution in [2.24, 2.45) is 0 Å². The second-order valence-corrected chi connectivity index (χ2v) is 7.05.